The number of hydrogen-bond donors (Lipinski definition) is 1. The molecule has 170 valence electrons. The summed E-state index contributed by atoms with van der Waals surface area (Å²) >= 11 is 1.38. The fourth-order valence-corrected chi connectivity index (χ4v) is 7.23. The summed E-state index contributed by atoms with van der Waals surface area (Å²) in [4.78, 5) is 28.0. The van der Waals surface area contributed by atoms with Gasteiger partial charge in [-0.15, -0.1) is 11.8 Å². The van der Waals surface area contributed by atoms with Crippen LogP contribution < -0.4 is 10.2 Å². The Bertz CT molecular complexity index is 960. The van der Waals surface area contributed by atoms with Crippen molar-refractivity contribution in [1.82, 2.24) is 9.62 Å². The molecular weight excluding hydrogens is 434 g/mol. The number of anilines is 1. The van der Waals surface area contributed by atoms with E-state index in [2.05, 4.69) is 19.2 Å². The molecule has 1 saturated carbocycles. The Kier molecular flexibility index (Phi) is 6.65. The first kappa shape index (κ1) is 22.6. The van der Waals surface area contributed by atoms with Gasteiger partial charge in [-0.05, 0) is 49.3 Å². The lowest BCUT2D eigenvalue weighted by Gasteiger charge is -2.35. The maximum Gasteiger partial charge on any atom is 0.243 e. The number of carbonyl (C=O) groups excluding carboxylic acids is 2. The van der Waals surface area contributed by atoms with Crippen LogP contribution in [-0.4, -0.2) is 56.0 Å². The Morgan fingerprint density at radius 2 is 1.90 bits per heavy atom. The summed E-state index contributed by atoms with van der Waals surface area (Å²) < 4.78 is 27.5. The molecule has 2 amide bonds. The summed E-state index contributed by atoms with van der Waals surface area (Å²) in [6.07, 6.45) is 4.95. The van der Waals surface area contributed by atoms with Crippen molar-refractivity contribution in [3.05, 3.63) is 18.2 Å². The first-order valence-corrected chi connectivity index (χ1v) is 13.6. The zero-order valence-corrected chi connectivity index (χ0v) is 19.8. The monoisotopic (exact) mass is 465 g/mol. The molecule has 4 rings (SSSR count). The Morgan fingerprint density at radius 3 is 2.65 bits per heavy atom. The number of sulfonamides is 1. The van der Waals surface area contributed by atoms with Gasteiger partial charge >= 0.3 is 0 Å². The predicted molar refractivity (Wildman–Crippen MR) is 122 cm³/mol. The normalized spacial score (nSPS) is 27.2. The van der Waals surface area contributed by atoms with E-state index in [1.807, 2.05) is 0 Å². The highest BCUT2D eigenvalue weighted by Crippen LogP contribution is 2.38. The zero-order chi connectivity index (χ0) is 22.2. The van der Waals surface area contributed by atoms with Crippen LogP contribution in [0.4, 0.5) is 5.69 Å². The average Bonchev–Trinajstić information content (AvgIpc) is 3.29. The second-order valence-electron chi connectivity index (χ2n) is 8.95. The van der Waals surface area contributed by atoms with Crippen molar-refractivity contribution in [2.75, 3.05) is 30.3 Å². The van der Waals surface area contributed by atoms with Crippen LogP contribution in [-0.2, 0) is 19.6 Å². The summed E-state index contributed by atoms with van der Waals surface area (Å²) in [6.45, 7) is 5.35. The van der Waals surface area contributed by atoms with Gasteiger partial charge in [-0.1, -0.05) is 26.7 Å². The van der Waals surface area contributed by atoms with E-state index >= 15 is 0 Å². The Balaban J connectivity index is 1.54. The molecule has 1 aliphatic carbocycles. The predicted octanol–water partition coefficient (Wildman–Crippen LogP) is 2.85. The molecule has 0 bridgehead atoms. The number of fused-ring (bicyclic) bond motifs is 1. The van der Waals surface area contributed by atoms with Crippen molar-refractivity contribution in [2.45, 2.75) is 61.8 Å². The summed E-state index contributed by atoms with van der Waals surface area (Å²) in [6, 6.07) is 5.04. The van der Waals surface area contributed by atoms with Crippen LogP contribution in [0.5, 0.6) is 0 Å². The van der Waals surface area contributed by atoms with Gasteiger partial charge < -0.3 is 10.2 Å². The molecule has 0 spiro atoms. The van der Waals surface area contributed by atoms with Gasteiger partial charge in [-0.25, -0.2) is 8.42 Å². The third-order valence-electron chi connectivity index (χ3n) is 6.93. The van der Waals surface area contributed by atoms with Crippen LogP contribution in [0.15, 0.2) is 28.0 Å². The van der Waals surface area contributed by atoms with E-state index in [1.165, 1.54) is 27.4 Å². The number of nitrogens with one attached hydrogen (secondary N) is 1. The molecule has 3 aliphatic rings. The SMILES string of the molecule is C[C@@H]1[C@H](C)CCC[C@@H]1NC(=O)CN1C(=O)CSc2ccc(S(=O)(=O)N3CCCC3)cc21. The van der Waals surface area contributed by atoms with Crippen LogP contribution in [0.1, 0.15) is 46.0 Å². The Labute approximate surface area is 189 Å². The fourth-order valence-electron chi connectivity index (χ4n) is 4.78. The van der Waals surface area contributed by atoms with Crippen LogP contribution in [0.25, 0.3) is 0 Å². The minimum atomic E-state index is -3.59. The van der Waals surface area contributed by atoms with Gasteiger partial charge in [0.1, 0.15) is 6.54 Å². The molecule has 2 heterocycles. The number of carbonyl (C=O) groups is 2. The molecule has 2 fully saturated rings. The zero-order valence-electron chi connectivity index (χ0n) is 18.2. The van der Waals surface area contributed by atoms with Gasteiger partial charge in [0.05, 0.1) is 16.3 Å². The highest BCUT2D eigenvalue weighted by Gasteiger charge is 2.33. The smallest absolute Gasteiger partial charge is 0.243 e. The molecular formula is C22H31N3O4S2. The average molecular weight is 466 g/mol. The number of thioether (sulfide) groups is 1. The first-order valence-electron chi connectivity index (χ1n) is 11.1. The minimum Gasteiger partial charge on any atom is -0.352 e. The lowest BCUT2D eigenvalue weighted by molar-refractivity contribution is -0.124. The second-order valence-corrected chi connectivity index (χ2v) is 11.9. The topological polar surface area (TPSA) is 86.8 Å². The second kappa shape index (κ2) is 9.11. The Morgan fingerprint density at radius 1 is 1.16 bits per heavy atom. The molecule has 1 aromatic carbocycles. The van der Waals surface area contributed by atoms with Crippen molar-refractivity contribution in [2.24, 2.45) is 11.8 Å². The highest BCUT2D eigenvalue weighted by molar-refractivity contribution is 8.00. The summed E-state index contributed by atoms with van der Waals surface area (Å²) in [5, 5.41) is 3.12. The van der Waals surface area contributed by atoms with Crippen LogP contribution in [0.2, 0.25) is 0 Å². The number of hydrogen-bond acceptors (Lipinski definition) is 5. The van der Waals surface area contributed by atoms with Crippen molar-refractivity contribution < 1.29 is 18.0 Å². The molecule has 2 aliphatic heterocycles. The minimum absolute atomic E-state index is 0.0861. The number of amides is 2. The number of benzene rings is 1. The van der Waals surface area contributed by atoms with Gasteiger partial charge in [-0.2, -0.15) is 4.31 Å². The van der Waals surface area contributed by atoms with Crippen LogP contribution in [0, 0.1) is 11.8 Å². The van der Waals surface area contributed by atoms with E-state index in [9.17, 15) is 18.0 Å². The van der Waals surface area contributed by atoms with E-state index in [1.54, 1.807) is 18.2 Å². The number of rotatable bonds is 5. The molecule has 1 N–H and O–H groups in total. The molecule has 0 aromatic heterocycles. The van der Waals surface area contributed by atoms with E-state index < -0.39 is 10.0 Å². The third kappa shape index (κ3) is 4.64. The third-order valence-corrected chi connectivity index (χ3v) is 9.87. The lowest BCUT2D eigenvalue weighted by Crippen LogP contribution is -2.49. The highest BCUT2D eigenvalue weighted by atomic mass is 32.2. The first-order chi connectivity index (χ1) is 14.8. The maximum absolute atomic E-state index is 13.0. The molecule has 3 atom stereocenters. The van der Waals surface area contributed by atoms with E-state index in [0.717, 1.165) is 30.6 Å². The lowest BCUT2D eigenvalue weighted by atomic mass is 9.78. The standard InChI is InChI=1S/C22H31N3O4S2/c1-15-6-5-7-18(16(15)2)23-21(26)13-25-19-12-17(8-9-20(19)30-14-22(25)27)31(28,29)24-10-3-4-11-24/h8-9,12,15-16,18H,3-7,10-11,13-14H2,1-2H3,(H,23,26)/t15-,16-,18+/m1/s1. The van der Waals surface area contributed by atoms with E-state index in [0.29, 0.717) is 30.6 Å². The fraction of sp³-hybridized carbons (Fsp3) is 0.636. The van der Waals surface area contributed by atoms with Crippen LogP contribution >= 0.6 is 11.8 Å². The van der Waals surface area contributed by atoms with Crippen molar-refractivity contribution in [1.29, 1.82) is 0 Å². The molecule has 0 radical (unpaired) electrons. The van der Waals surface area contributed by atoms with Crippen molar-refractivity contribution >= 4 is 39.3 Å². The number of nitrogens with zero attached hydrogens (tertiary/aromatic N) is 2. The van der Waals surface area contributed by atoms with E-state index in [4.69, 9.17) is 0 Å². The quantitative estimate of drug-likeness (QED) is 0.723. The van der Waals surface area contributed by atoms with Gasteiger partial charge in [0.25, 0.3) is 0 Å². The largest absolute Gasteiger partial charge is 0.352 e. The summed E-state index contributed by atoms with van der Waals surface area (Å²) in [5.41, 5.74) is 0.515. The van der Waals surface area contributed by atoms with Gasteiger partial charge in [-0.3, -0.25) is 9.59 Å². The molecule has 7 nitrogen and oxygen atoms in total. The molecule has 1 saturated heterocycles. The molecule has 0 unspecified atom stereocenters. The molecule has 1 aromatic rings. The summed E-state index contributed by atoms with van der Waals surface area (Å²) in [5.74, 6) is 0.842. The van der Waals surface area contributed by atoms with Crippen LogP contribution in [0.3, 0.4) is 0 Å². The molecule has 9 heteroatoms. The van der Waals surface area contributed by atoms with Gasteiger partial charge in [0, 0.05) is 24.0 Å². The van der Waals surface area contributed by atoms with Gasteiger partial charge in [0.2, 0.25) is 21.8 Å². The van der Waals surface area contributed by atoms with Crippen molar-refractivity contribution in [3.63, 3.8) is 0 Å². The maximum atomic E-state index is 13.0. The van der Waals surface area contributed by atoms with Gasteiger partial charge in [0.15, 0.2) is 0 Å². The molecule has 31 heavy (non-hydrogen) atoms. The Hall–Kier alpha value is -1.58. The summed E-state index contributed by atoms with van der Waals surface area (Å²) in [7, 11) is -3.59. The van der Waals surface area contributed by atoms with Crippen molar-refractivity contribution in [3.8, 4) is 0 Å². The van der Waals surface area contributed by atoms with E-state index in [-0.39, 0.29) is 35.0 Å².